The van der Waals surface area contributed by atoms with Gasteiger partial charge in [-0.05, 0) is 55.0 Å². The van der Waals surface area contributed by atoms with Gasteiger partial charge in [-0.3, -0.25) is 18.8 Å². The standard InChI is InChI=1S/C32H36N6O3S/c1-21-25(7-6-8-26(21)36-30(39)22-9-14-28(33-19-22)32(2,3)4)27-20-37(5)31(40)29(35-27)34-23-10-12-24(13-11-23)38-15-17-42(41)18-16-38/h6-14,19-20H,15-18H2,1-5H3,(H,34,35)(H,36,39). The molecule has 3 heterocycles. The molecule has 0 unspecified atom stereocenters. The van der Waals surface area contributed by atoms with Crippen molar-refractivity contribution >= 4 is 39.6 Å². The molecule has 218 valence electrons. The molecule has 1 saturated heterocycles. The lowest BCUT2D eigenvalue weighted by atomic mass is 9.91. The number of hydrogen-bond acceptors (Lipinski definition) is 7. The van der Waals surface area contributed by atoms with Crippen LogP contribution in [0.25, 0.3) is 11.3 Å². The molecule has 5 rings (SSSR count). The number of carbonyl (C=O) groups is 1. The first-order valence-electron chi connectivity index (χ1n) is 13.9. The fourth-order valence-corrected chi connectivity index (χ4v) is 5.87. The Morgan fingerprint density at radius 2 is 1.71 bits per heavy atom. The number of nitrogens with zero attached hydrogens (tertiary/aromatic N) is 4. The first-order chi connectivity index (χ1) is 20.0. The van der Waals surface area contributed by atoms with Gasteiger partial charge in [0.05, 0.1) is 11.3 Å². The number of carbonyl (C=O) groups excluding carboxylic acids is 1. The summed E-state index contributed by atoms with van der Waals surface area (Å²) in [7, 11) is 0.962. The van der Waals surface area contributed by atoms with Gasteiger partial charge >= 0.3 is 0 Å². The molecule has 1 fully saturated rings. The topological polar surface area (TPSA) is 109 Å². The maximum Gasteiger partial charge on any atom is 0.293 e. The van der Waals surface area contributed by atoms with E-state index in [1.807, 2.05) is 55.5 Å². The van der Waals surface area contributed by atoms with Crippen LogP contribution in [0.4, 0.5) is 22.9 Å². The van der Waals surface area contributed by atoms with Crippen molar-refractivity contribution in [1.29, 1.82) is 0 Å². The fourth-order valence-electron chi connectivity index (χ4n) is 4.82. The van der Waals surface area contributed by atoms with Crippen LogP contribution in [0.3, 0.4) is 0 Å². The molecule has 0 radical (unpaired) electrons. The van der Waals surface area contributed by atoms with Crippen LogP contribution < -0.4 is 21.1 Å². The molecular weight excluding hydrogens is 548 g/mol. The molecular formula is C32H36N6O3S. The third-order valence-electron chi connectivity index (χ3n) is 7.40. The van der Waals surface area contributed by atoms with Crippen molar-refractivity contribution < 1.29 is 9.00 Å². The SMILES string of the molecule is Cc1c(NC(=O)c2ccc(C(C)(C)C)nc2)cccc1-c1cn(C)c(=O)c(Nc2ccc(N3CCS(=O)CC3)cc2)n1. The van der Waals surface area contributed by atoms with Crippen LogP contribution in [-0.2, 0) is 23.3 Å². The molecule has 9 nitrogen and oxygen atoms in total. The highest BCUT2D eigenvalue weighted by Gasteiger charge is 2.18. The van der Waals surface area contributed by atoms with E-state index >= 15 is 0 Å². The smallest absolute Gasteiger partial charge is 0.293 e. The fraction of sp³-hybridized carbons (Fsp3) is 0.312. The third-order valence-corrected chi connectivity index (χ3v) is 8.67. The molecule has 0 atom stereocenters. The molecule has 42 heavy (non-hydrogen) atoms. The van der Waals surface area contributed by atoms with Crippen molar-refractivity contribution in [2.45, 2.75) is 33.1 Å². The molecule has 2 aromatic carbocycles. The second kappa shape index (κ2) is 11.9. The Hall–Kier alpha value is -4.31. The quantitative estimate of drug-likeness (QED) is 0.328. The Labute approximate surface area is 248 Å². The number of anilines is 4. The zero-order valence-corrected chi connectivity index (χ0v) is 25.4. The lowest BCUT2D eigenvalue weighted by Crippen LogP contribution is -2.37. The van der Waals surface area contributed by atoms with E-state index < -0.39 is 10.8 Å². The van der Waals surface area contributed by atoms with E-state index in [4.69, 9.17) is 0 Å². The molecule has 0 aliphatic carbocycles. The summed E-state index contributed by atoms with van der Waals surface area (Å²) < 4.78 is 13.2. The second-order valence-electron chi connectivity index (χ2n) is 11.5. The van der Waals surface area contributed by atoms with Crippen molar-refractivity contribution in [2.24, 2.45) is 7.05 Å². The largest absolute Gasteiger partial charge is 0.370 e. The van der Waals surface area contributed by atoms with Gasteiger partial charge < -0.3 is 20.1 Å². The Kier molecular flexibility index (Phi) is 8.27. The summed E-state index contributed by atoms with van der Waals surface area (Å²) in [6.45, 7) is 9.69. The van der Waals surface area contributed by atoms with Gasteiger partial charge in [-0.15, -0.1) is 0 Å². The predicted octanol–water partition coefficient (Wildman–Crippen LogP) is 5.01. The molecule has 0 spiro atoms. The summed E-state index contributed by atoms with van der Waals surface area (Å²) >= 11 is 0. The molecule has 1 aliphatic rings. The van der Waals surface area contributed by atoms with Crippen molar-refractivity contribution in [3.8, 4) is 11.3 Å². The van der Waals surface area contributed by atoms with Crippen LogP contribution in [0.1, 0.15) is 42.4 Å². The number of pyridine rings is 1. The number of amides is 1. The van der Waals surface area contributed by atoms with E-state index in [-0.39, 0.29) is 22.7 Å². The molecule has 0 saturated carbocycles. The highest BCUT2D eigenvalue weighted by atomic mass is 32.2. The highest BCUT2D eigenvalue weighted by Crippen LogP contribution is 2.29. The summed E-state index contributed by atoms with van der Waals surface area (Å²) in [5.74, 6) is 1.31. The Morgan fingerprint density at radius 1 is 1.00 bits per heavy atom. The van der Waals surface area contributed by atoms with E-state index in [2.05, 4.69) is 46.3 Å². The van der Waals surface area contributed by atoms with E-state index in [1.165, 1.54) is 4.57 Å². The number of hydrogen-bond donors (Lipinski definition) is 2. The normalized spacial score (nSPS) is 14.1. The summed E-state index contributed by atoms with van der Waals surface area (Å²) in [4.78, 5) is 37.4. The molecule has 10 heteroatoms. The number of aromatic nitrogens is 3. The maximum atomic E-state index is 13.0. The summed E-state index contributed by atoms with van der Waals surface area (Å²) in [5, 5.41) is 6.17. The second-order valence-corrected chi connectivity index (χ2v) is 13.2. The number of rotatable bonds is 6. The van der Waals surface area contributed by atoms with Gasteiger partial charge in [0, 0.05) is 88.6 Å². The highest BCUT2D eigenvalue weighted by molar-refractivity contribution is 7.85. The van der Waals surface area contributed by atoms with Gasteiger partial charge in [0.1, 0.15) is 0 Å². The van der Waals surface area contributed by atoms with Crippen LogP contribution in [0.15, 0.2) is 71.8 Å². The molecule has 1 aliphatic heterocycles. The summed E-state index contributed by atoms with van der Waals surface area (Å²) in [6, 6.07) is 17.1. The minimum Gasteiger partial charge on any atom is -0.370 e. The third kappa shape index (κ3) is 6.44. The van der Waals surface area contributed by atoms with Gasteiger partial charge in [-0.1, -0.05) is 32.9 Å². The Morgan fingerprint density at radius 3 is 2.36 bits per heavy atom. The van der Waals surface area contributed by atoms with Crippen LogP contribution in [0.5, 0.6) is 0 Å². The van der Waals surface area contributed by atoms with Crippen molar-refractivity contribution in [1.82, 2.24) is 14.5 Å². The number of nitrogens with one attached hydrogen (secondary N) is 2. The Balaban J connectivity index is 1.36. The Bertz CT molecular complexity index is 1680. The van der Waals surface area contributed by atoms with Gasteiger partial charge in [0.2, 0.25) is 0 Å². The minimum atomic E-state index is -0.730. The van der Waals surface area contributed by atoms with Crippen molar-refractivity contribution in [2.75, 3.05) is 40.1 Å². The number of benzene rings is 2. The summed E-state index contributed by atoms with van der Waals surface area (Å²) in [6.07, 6.45) is 3.29. The molecule has 2 aromatic heterocycles. The first kappa shape index (κ1) is 29.2. The molecule has 0 bridgehead atoms. The monoisotopic (exact) mass is 584 g/mol. The van der Waals surface area contributed by atoms with Gasteiger partial charge in [-0.25, -0.2) is 4.98 Å². The molecule has 4 aromatic rings. The van der Waals surface area contributed by atoms with Crippen LogP contribution in [-0.4, -0.2) is 49.2 Å². The van der Waals surface area contributed by atoms with Crippen LogP contribution in [0.2, 0.25) is 0 Å². The number of aryl methyl sites for hydroxylation is 1. The lowest BCUT2D eigenvalue weighted by Gasteiger charge is -2.28. The van der Waals surface area contributed by atoms with Gasteiger partial charge in [0.25, 0.3) is 11.5 Å². The van der Waals surface area contributed by atoms with Crippen molar-refractivity contribution in [3.63, 3.8) is 0 Å². The van der Waals surface area contributed by atoms with E-state index in [1.54, 1.807) is 25.5 Å². The average Bonchev–Trinajstić information content (AvgIpc) is 2.97. The first-order valence-corrected chi connectivity index (χ1v) is 15.4. The van der Waals surface area contributed by atoms with Crippen LogP contribution in [0, 0.1) is 6.92 Å². The summed E-state index contributed by atoms with van der Waals surface area (Å²) in [5.41, 5.74) is 5.71. The average molecular weight is 585 g/mol. The molecule has 2 N–H and O–H groups in total. The lowest BCUT2D eigenvalue weighted by molar-refractivity contribution is 0.102. The van der Waals surface area contributed by atoms with E-state index in [0.29, 0.717) is 28.5 Å². The van der Waals surface area contributed by atoms with Gasteiger partial charge in [0.15, 0.2) is 5.82 Å². The minimum absolute atomic E-state index is 0.101. The molecule has 1 amide bonds. The predicted molar refractivity (Wildman–Crippen MR) is 170 cm³/mol. The van der Waals surface area contributed by atoms with Gasteiger partial charge in [-0.2, -0.15) is 0 Å². The van der Waals surface area contributed by atoms with Crippen LogP contribution >= 0.6 is 0 Å². The zero-order valence-electron chi connectivity index (χ0n) is 24.6. The van der Waals surface area contributed by atoms with Crippen molar-refractivity contribution in [3.05, 3.63) is 94.2 Å². The zero-order chi connectivity index (χ0) is 30.0. The van der Waals surface area contributed by atoms with E-state index in [9.17, 15) is 13.8 Å². The van der Waals surface area contributed by atoms with E-state index in [0.717, 1.165) is 41.3 Å². The maximum absolute atomic E-state index is 13.0.